The van der Waals surface area contributed by atoms with Crippen molar-refractivity contribution in [3.63, 3.8) is 0 Å². The van der Waals surface area contributed by atoms with Gasteiger partial charge in [-0.3, -0.25) is 4.99 Å². The molecule has 1 aromatic carbocycles. The number of halogens is 1. The number of hydrogen-bond acceptors (Lipinski definition) is 2. The van der Waals surface area contributed by atoms with E-state index in [-0.39, 0.29) is 0 Å². The first-order chi connectivity index (χ1) is 7.10. The second kappa shape index (κ2) is 3.83. The van der Waals surface area contributed by atoms with E-state index in [2.05, 4.69) is 20.9 Å². The molecule has 1 heterocycles. The van der Waals surface area contributed by atoms with Crippen LogP contribution in [0.4, 0.5) is 0 Å². The number of ether oxygens (including phenoxy) is 1. The van der Waals surface area contributed by atoms with Crippen LogP contribution in [0.5, 0.6) is 0 Å². The Kier molecular flexibility index (Phi) is 2.36. The number of benzene rings is 1. The van der Waals surface area contributed by atoms with Gasteiger partial charge >= 0.3 is 0 Å². The summed E-state index contributed by atoms with van der Waals surface area (Å²) in [6.07, 6.45) is 0.309. The lowest BCUT2D eigenvalue weighted by atomic mass is 9.93. The monoisotopic (exact) mass is 254 g/mol. The highest BCUT2D eigenvalue weighted by molar-refractivity contribution is 9.10. The van der Waals surface area contributed by atoms with Crippen LogP contribution in [0.25, 0.3) is 0 Å². The predicted molar refractivity (Wildman–Crippen MR) is 60.8 cm³/mol. The summed E-state index contributed by atoms with van der Waals surface area (Å²) in [7, 11) is 0. The largest absolute Gasteiger partial charge is 0.373 e. The quantitative estimate of drug-likeness (QED) is 0.756. The van der Waals surface area contributed by atoms with Crippen molar-refractivity contribution in [2.75, 3.05) is 13.2 Å². The molecular formula is C11H12BrNO. The van der Waals surface area contributed by atoms with Gasteiger partial charge in [0, 0.05) is 10.7 Å². The zero-order valence-electron chi connectivity index (χ0n) is 8.96. The van der Waals surface area contributed by atoms with E-state index in [4.69, 9.17) is 6.11 Å². The van der Waals surface area contributed by atoms with E-state index in [1.165, 1.54) is 0 Å². The van der Waals surface area contributed by atoms with Crippen LogP contribution in [0, 0.1) is 0 Å². The molecule has 1 aromatic rings. The van der Waals surface area contributed by atoms with Gasteiger partial charge in [0.1, 0.15) is 5.54 Å². The van der Waals surface area contributed by atoms with Crippen molar-refractivity contribution in [3.05, 3.63) is 34.3 Å². The SMILES string of the molecule is [2H]C1=NC(C)(c2cccc(Br)c2)COC1. The number of nitrogens with zero attached hydrogens (tertiary/aromatic N) is 1. The Morgan fingerprint density at radius 2 is 2.50 bits per heavy atom. The van der Waals surface area contributed by atoms with Crippen molar-refractivity contribution < 1.29 is 6.11 Å². The van der Waals surface area contributed by atoms with Gasteiger partial charge in [0.2, 0.25) is 0 Å². The molecule has 2 nitrogen and oxygen atoms in total. The minimum Gasteiger partial charge on any atom is -0.373 e. The zero-order chi connectivity index (χ0) is 10.9. The maximum Gasteiger partial charge on any atom is 0.106 e. The van der Waals surface area contributed by atoms with Crippen LogP contribution in [0.1, 0.15) is 13.9 Å². The molecular weight excluding hydrogens is 242 g/mol. The van der Waals surface area contributed by atoms with Crippen LogP contribution < -0.4 is 0 Å². The highest BCUT2D eigenvalue weighted by Crippen LogP contribution is 2.29. The molecule has 1 aliphatic heterocycles. The molecule has 0 fully saturated rings. The molecule has 2 rings (SSSR count). The van der Waals surface area contributed by atoms with Crippen LogP contribution in [-0.4, -0.2) is 19.4 Å². The van der Waals surface area contributed by atoms with E-state index < -0.39 is 5.54 Å². The first-order valence-corrected chi connectivity index (χ1v) is 5.29. The first kappa shape index (κ1) is 8.62. The summed E-state index contributed by atoms with van der Waals surface area (Å²) in [6, 6.07) is 7.97. The third-order valence-corrected chi connectivity index (χ3v) is 2.82. The van der Waals surface area contributed by atoms with Gasteiger partial charge in [-0.1, -0.05) is 28.1 Å². The van der Waals surface area contributed by atoms with Crippen LogP contribution in [0.2, 0.25) is 0 Å². The van der Waals surface area contributed by atoms with Gasteiger partial charge in [0.05, 0.1) is 14.6 Å². The van der Waals surface area contributed by atoms with Crippen molar-refractivity contribution in [3.8, 4) is 0 Å². The minimum atomic E-state index is -0.418. The normalized spacial score (nSPS) is 28.1. The molecule has 1 atom stereocenters. The summed E-state index contributed by atoms with van der Waals surface area (Å²) in [5, 5.41) is 0. The highest BCUT2D eigenvalue weighted by Gasteiger charge is 2.27. The lowest BCUT2D eigenvalue weighted by molar-refractivity contribution is 0.110. The Morgan fingerprint density at radius 3 is 3.21 bits per heavy atom. The number of hydrogen-bond donors (Lipinski definition) is 0. The molecule has 14 heavy (non-hydrogen) atoms. The van der Waals surface area contributed by atoms with E-state index in [0.29, 0.717) is 19.4 Å². The van der Waals surface area contributed by atoms with Crippen molar-refractivity contribution in [2.45, 2.75) is 12.5 Å². The Balaban J connectivity index is 2.41. The van der Waals surface area contributed by atoms with Crippen molar-refractivity contribution in [1.82, 2.24) is 0 Å². The fraction of sp³-hybridized carbons (Fsp3) is 0.364. The molecule has 0 aliphatic carbocycles. The van der Waals surface area contributed by atoms with Gasteiger partial charge in [-0.15, -0.1) is 0 Å². The Labute approximate surface area is 93.5 Å². The molecule has 1 aliphatic rings. The van der Waals surface area contributed by atoms with Gasteiger partial charge in [-0.25, -0.2) is 0 Å². The van der Waals surface area contributed by atoms with Crippen LogP contribution in [0.15, 0.2) is 33.7 Å². The van der Waals surface area contributed by atoms with E-state index >= 15 is 0 Å². The van der Waals surface area contributed by atoms with Crippen LogP contribution in [0.3, 0.4) is 0 Å². The van der Waals surface area contributed by atoms with Gasteiger partial charge in [0.15, 0.2) is 0 Å². The molecule has 0 N–H and O–H groups in total. The summed E-state index contributed by atoms with van der Waals surface area (Å²) in [5.41, 5.74) is 0.653. The van der Waals surface area contributed by atoms with Gasteiger partial charge in [-0.05, 0) is 24.6 Å². The van der Waals surface area contributed by atoms with Crippen molar-refractivity contribution in [1.29, 1.82) is 0 Å². The predicted octanol–water partition coefficient (Wildman–Crippen LogP) is 2.77. The molecule has 0 spiro atoms. The summed E-state index contributed by atoms with van der Waals surface area (Å²) in [4.78, 5) is 4.36. The lowest BCUT2D eigenvalue weighted by Crippen LogP contribution is -2.30. The fourth-order valence-electron chi connectivity index (χ4n) is 1.51. The molecule has 3 heteroatoms. The molecule has 1 unspecified atom stereocenters. The Morgan fingerprint density at radius 1 is 1.64 bits per heavy atom. The number of aliphatic imine (C=N–C) groups is 1. The van der Waals surface area contributed by atoms with E-state index in [1.807, 2.05) is 31.2 Å². The molecule has 74 valence electrons. The molecule has 0 saturated carbocycles. The minimum absolute atomic E-state index is 0.309. The van der Waals surface area contributed by atoms with Gasteiger partial charge in [-0.2, -0.15) is 0 Å². The lowest BCUT2D eigenvalue weighted by Gasteiger charge is -2.28. The summed E-state index contributed by atoms with van der Waals surface area (Å²) < 4.78 is 13.9. The molecule has 0 amide bonds. The maximum atomic E-state index is 7.54. The van der Waals surface area contributed by atoms with Gasteiger partial charge in [0.25, 0.3) is 0 Å². The average molecular weight is 255 g/mol. The average Bonchev–Trinajstić information content (AvgIpc) is 2.17. The van der Waals surface area contributed by atoms with Crippen LogP contribution >= 0.6 is 15.9 Å². The number of rotatable bonds is 1. The second-order valence-electron chi connectivity index (χ2n) is 3.55. The van der Waals surface area contributed by atoms with E-state index in [0.717, 1.165) is 10.0 Å². The third kappa shape index (κ3) is 1.88. The van der Waals surface area contributed by atoms with E-state index in [1.54, 1.807) is 0 Å². The third-order valence-electron chi connectivity index (χ3n) is 2.32. The maximum absolute atomic E-state index is 7.54. The topological polar surface area (TPSA) is 21.6 Å². The highest BCUT2D eigenvalue weighted by atomic mass is 79.9. The smallest absolute Gasteiger partial charge is 0.106 e. The zero-order valence-corrected chi connectivity index (χ0v) is 9.54. The standard InChI is InChI=1S/C11H12BrNO/c1-11(8-14-6-5-13-11)9-3-2-4-10(12)7-9/h2-5,7H,6,8H2,1H3/i5D. The second-order valence-corrected chi connectivity index (χ2v) is 4.46. The van der Waals surface area contributed by atoms with Gasteiger partial charge < -0.3 is 4.74 Å². The molecule has 0 bridgehead atoms. The Hall–Kier alpha value is -0.670. The fourth-order valence-corrected chi connectivity index (χ4v) is 1.91. The van der Waals surface area contributed by atoms with Crippen LogP contribution in [-0.2, 0) is 10.3 Å². The van der Waals surface area contributed by atoms with Crippen molar-refractivity contribution >= 4 is 22.1 Å². The summed E-state index contributed by atoms with van der Waals surface area (Å²) in [6.45, 7) is 2.85. The van der Waals surface area contributed by atoms with Crippen molar-refractivity contribution in [2.24, 2.45) is 4.99 Å². The molecule has 0 radical (unpaired) electrons. The first-order valence-electron chi connectivity index (χ1n) is 4.99. The van der Waals surface area contributed by atoms with E-state index in [9.17, 15) is 0 Å². The Bertz CT molecular complexity index is 407. The molecule has 0 aromatic heterocycles. The summed E-state index contributed by atoms with van der Waals surface area (Å²) in [5.74, 6) is 0. The molecule has 0 saturated heterocycles. The summed E-state index contributed by atoms with van der Waals surface area (Å²) >= 11 is 3.43.